The van der Waals surface area contributed by atoms with Crippen LogP contribution in [-0.2, 0) is 22.6 Å². The molecule has 0 unspecified atom stereocenters. The van der Waals surface area contributed by atoms with Crippen molar-refractivity contribution >= 4 is 27.1 Å². The average molecular weight is 365 g/mol. The lowest BCUT2D eigenvalue weighted by molar-refractivity contribution is -0.137. The number of hydrogen-bond donors (Lipinski definition) is 1. The molecule has 0 spiro atoms. The van der Waals surface area contributed by atoms with E-state index in [1.807, 2.05) is 0 Å². The van der Waals surface area contributed by atoms with Crippen molar-refractivity contribution in [3.63, 3.8) is 0 Å². The highest BCUT2D eigenvalue weighted by Gasteiger charge is 2.34. The van der Waals surface area contributed by atoms with Gasteiger partial charge in [0, 0.05) is 19.0 Å². The lowest BCUT2D eigenvalue weighted by Crippen LogP contribution is -2.11. The summed E-state index contributed by atoms with van der Waals surface area (Å²) in [6.45, 7) is 0.00673. The van der Waals surface area contributed by atoms with Crippen LogP contribution in [0, 0.1) is 0 Å². The first-order valence-electron chi connectivity index (χ1n) is 6.33. The van der Waals surface area contributed by atoms with Gasteiger partial charge in [-0.2, -0.15) is 13.2 Å². The average Bonchev–Trinajstić information content (AvgIpc) is 2.43. The minimum atomic E-state index is -4.57. The van der Waals surface area contributed by atoms with Crippen LogP contribution in [0.4, 0.5) is 18.9 Å². The molecular formula is C14H12ClF3N2O2S. The molecule has 1 aromatic carbocycles. The molecule has 0 aliphatic rings. The highest BCUT2D eigenvalue weighted by atomic mass is 35.5. The Balaban J connectivity index is 2.27. The molecule has 0 aliphatic carbocycles. The predicted molar refractivity (Wildman–Crippen MR) is 81.1 cm³/mol. The van der Waals surface area contributed by atoms with Gasteiger partial charge in [-0.1, -0.05) is 23.7 Å². The van der Waals surface area contributed by atoms with Crippen molar-refractivity contribution in [2.75, 3.05) is 11.6 Å². The first kappa shape index (κ1) is 17.6. The number of rotatable bonds is 4. The fourth-order valence-corrected chi connectivity index (χ4v) is 2.73. The maximum absolute atomic E-state index is 12.9. The van der Waals surface area contributed by atoms with Gasteiger partial charge in [-0.15, -0.1) is 0 Å². The van der Waals surface area contributed by atoms with Crippen LogP contribution >= 0.6 is 11.6 Å². The van der Waals surface area contributed by atoms with Gasteiger partial charge in [0.15, 0.2) is 9.84 Å². The van der Waals surface area contributed by atoms with Crippen LogP contribution in [0.3, 0.4) is 0 Å². The van der Waals surface area contributed by atoms with E-state index in [0.717, 1.165) is 12.3 Å². The van der Waals surface area contributed by atoms with Crippen molar-refractivity contribution in [3.05, 3.63) is 52.8 Å². The van der Waals surface area contributed by atoms with Gasteiger partial charge in [0.25, 0.3) is 0 Å². The van der Waals surface area contributed by atoms with Gasteiger partial charge in [0.2, 0.25) is 0 Å². The van der Waals surface area contributed by atoms with Crippen LogP contribution in [0.25, 0.3) is 0 Å². The third kappa shape index (κ3) is 4.59. The highest BCUT2D eigenvalue weighted by Crippen LogP contribution is 2.35. The van der Waals surface area contributed by atoms with Crippen molar-refractivity contribution in [2.45, 2.75) is 17.6 Å². The Morgan fingerprint density at radius 2 is 1.96 bits per heavy atom. The van der Waals surface area contributed by atoms with E-state index in [1.54, 1.807) is 6.07 Å². The first-order chi connectivity index (χ1) is 10.6. The molecule has 0 saturated carbocycles. The van der Waals surface area contributed by atoms with Crippen molar-refractivity contribution in [2.24, 2.45) is 0 Å². The molecular weight excluding hydrogens is 353 g/mol. The molecule has 2 aromatic rings. The summed E-state index contributed by atoms with van der Waals surface area (Å²) < 4.78 is 61.8. The summed E-state index contributed by atoms with van der Waals surface area (Å²) >= 11 is 5.64. The molecule has 1 aromatic heterocycles. The second kappa shape index (κ2) is 6.37. The zero-order chi connectivity index (χ0) is 17.3. The van der Waals surface area contributed by atoms with Crippen molar-refractivity contribution < 1.29 is 21.6 Å². The Labute approximate surface area is 136 Å². The SMILES string of the molecule is CS(=O)(=O)c1cccc(CNc2cc(Cl)ncc2C(F)(F)F)c1. The normalized spacial score (nSPS) is 12.2. The van der Waals surface area contributed by atoms with Crippen molar-refractivity contribution in [3.8, 4) is 0 Å². The van der Waals surface area contributed by atoms with Gasteiger partial charge in [-0.25, -0.2) is 13.4 Å². The fourth-order valence-electron chi connectivity index (χ4n) is 1.89. The Hall–Kier alpha value is -1.80. The number of anilines is 1. The zero-order valence-corrected chi connectivity index (χ0v) is 13.4. The Morgan fingerprint density at radius 3 is 2.57 bits per heavy atom. The molecule has 4 nitrogen and oxygen atoms in total. The largest absolute Gasteiger partial charge is 0.419 e. The lowest BCUT2D eigenvalue weighted by Gasteiger charge is -2.14. The van der Waals surface area contributed by atoms with Gasteiger partial charge >= 0.3 is 6.18 Å². The van der Waals surface area contributed by atoms with E-state index in [4.69, 9.17) is 11.6 Å². The maximum atomic E-state index is 12.9. The molecule has 0 bridgehead atoms. The van der Waals surface area contributed by atoms with Gasteiger partial charge < -0.3 is 5.32 Å². The van der Waals surface area contributed by atoms with E-state index in [-0.39, 0.29) is 22.3 Å². The van der Waals surface area contributed by atoms with Crippen LogP contribution in [0.15, 0.2) is 41.4 Å². The predicted octanol–water partition coefficient (Wildman–Crippen LogP) is 3.77. The van der Waals surface area contributed by atoms with E-state index < -0.39 is 21.6 Å². The van der Waals surface area contributed by atoms with Gasteiger partial charge in [0.1, 0.15) is 5.15 Å². The Bertz CT molecular complexity index is 823. The Kier molecular flexibility index (Phi) is 4.86. The first-order valence-corrected chi connectivity index (χ1v) is 8.60. The number of sulfone groups is 1. The number of pyridine rings is 1. The smallest absolute Gasteiger partial charge is 0.380 e. The molecule has 0 atom stereocenters. The molecule has 9 heteroatoms. The van der Waals surface area contributed by atoms with Crippen LogP contribution in [0.2, 0.25) is 5.15 Å². The number of hydrogen-bond acceptors (Lipinski definition) is 4. The molecule has 2 rings (SSSR count). The number of nitrogens with zero attached hydrogens (tertiary/aromatic N) is 1. The highest BCUT2D eigenvalue weighted by molar-refractivity contribution is 7.90. The zero-order valence-electron chi connectivity index (χ0n) is 11.9. The fraction of sp³-hybridized carbons (Fsp3) is 0.214. The van der Waals surface area contributed by atoms with E-state index in [2.05, 4.69) is 10.3 Å². The number of halogens is 4. The van der Waals surface area contributed by atoms with E-state index >= 15 is 0 Å². The molecule has 1 heterocycles. The monoisotopic (exact) mass is 364 g/mol. The number of nitrogens with one attached hydrogen (secondary N) is 1. The molecule has 0 aliphatic heterocycles. The minimum absolute atomic E-state index is 0.00673. The third-order valence-corrected chi connectivity index (χ3v) is 4.30. The van der Waals surface area contributed by atoms with E-state index in [0.29, 0.717) is 11.8 Å². The van der Waals surface area contributed by atoms with Crippen LogP contribution in [-0.4, -0.2) is 19.7 Å². The summed E-state index contributed by atoms with van der Waals surface area (Å²) in [5.74, 6) is 0. The topological polar surface area (TPSA) is 59.1 Å². The van der Waals surface area contributed by atoms with E-state index in [9.17, 15) is 21.6 Å². The molecule has 0 amide bonds. The molecule has 23 heavy (non-hydrogen) atoms. The number of aromatic nitrogens is 1. The Morgan fingerprint density at radius 1 is 1.26 bits per heavy atom. The second-order valence-corrected chi connectivity index (χ2v) is 7.23. The summed E-state index contributed by atoms with van der Waals surface area (Å²) in [6.07, 6.45) is -2.87. The molecule has 1 N–H and O–H groups in total. The number of benzene rings is 1. The number of alkyl halides is 3. The summed E-state index contributed by atoms with van der Waals surface area (Å²) in [4.78, 5) is 3.53. The van der Waals surface area contributed by atoms with Crippen molar-refractivity contribution in [1.29, 1.82) is 0 Å². The lowest BCUT2D eigenvalue weighted by atomic mass is 10.2. The van der Waals surface area contributed by atoms with Crippen molar-refractivity contribution in [1.82, 2.24) is 4.98 Å². The third-order valence-electron chi connectivity index (χ3n) is 2.99. The van der Waals surface area contributed by atoms with Gasteiger partial charge in [-0.3, -0.25) is 0 Å². The summed E-state index contributed by atoms with van der Waals surface area (Å²) in [5, 5.41) is 2.54. The van der Waals surface area contributed by atoms with Crippen LogP contribution in [0.1, 0.15) is 11.1 Å². The molecule has 0 fully saturated rings. The molecule has 0 radical (unpaired) electrons. The van der Waals surface area contributed by atoms with Gasteiger partial charge in [0.05, 0.1) is 16.1 Å². The maximum Gasteiger partial charge on any atom is 0.419 e. The minimum Gasteiger partial charge on any atom is -0.380 e. The molecule has 124 valence electrons. The van der Waals surface area contributed by atoms with Crippen LogP contribution < -0.4 is 5.32 Å². The summed E-state index contributed by atoms with van der Waals surface area (Å²) in [7, 11) is -3.39. The van der Waals surface area contributed by atoms with E-state index in [1.165, 1.54) is 18.2 Å². The molecule has 0 saturated heterocycles. The standard InChI is InChI=1S/C14H12ClF3N2O2S/c1-23(21,22)10-4-2-3-9(5-10)7-19-12-6-13(15)20-8-11(12)14(16,17)18/h2-6,8H,7H2,1H3,(H,19,20). The quantitative estimate of drug-likeness (QED) is 0.839. The van der Waals surface area contributed by atoms with Gasteiger partial charge in [-0.05, 0) is 23.8 Å². The summed E-state index contributed by atoms with van der Waals surface area (Å²) in [6, 6.07) is 7.03. The second-order valence-electron chi connectivity index (χ2n) is 4.82. The van der Waals surface area contributed by atoms with Crippen LogP contribution in [0.5, 0.6) is 0 Å². The summed E-state index contributed by atoms with van der Waals surface area (Å²) in [5.41, 5.74) is -0.641.